The number of esters is 4. The SMILES string of the molecule is CC(=O)Oc1ccc(C(=O)N[C@@H](CCCCNC(=O)c2cccc(OC(C)=O)c2OC(C)=O)C(=O)N[C@@H](CCC(=O)N(C)OC(=O)c2ccccc2)C(=O)N[C@@H](C(=O)N[C@@H]2C(=O)N3C2SC(C)(C)C3C(=O)O)c2ccccc2)cc1OC(C)=O. The van der Waals surface area contributed by atoms with Crippen LogP contribution in [-0.2, 0) is 52.8 Å². The third kappa shape index (κ3) is 16.5. The van der Waals surface area contributed by atoms with E-state index in [2.05, 4.69) is 26.6 Å². The molecule has 0 aromatic heterocycles. The van der Waals surface area contributed by atoms with Gasteiger partial charge in [0.15, 0.2) is 23.0 Å². The summed E-state index contributed by atoms with van der Waals surface area (Å²) in [7, 11) is 1.15. The van der Waals surface area contributed by atoms with Crippen molar-refractivity contribution in [1.29, 1.82) is 0 Å². The van der Waals surface area contributed by atoms with Gasteiger partial charge in [0, 0.05) is 58.0 Å². The number of hydroxylamine groups is 2. The van der Waals surface area contributed by atoms with Crippen LogP contribution < -0.4 is 45.5 Å². The zero-order valence-corrected chi connectivity index (χ0v) is 47.4. The number of hydrogen-bond acceptors (Lipinski definition) is 19. The Hall–Kier alpha value is -9.66. The average Bonchev–Trinajstić information content (AvgIpc) is 1.61. The molecule has 7 amide bonds. The van der Waals surface area contributed by atoms with E-state index in [0.717, 1.165) is 40.8 Å². The summed E-state index contributed by atoms with van der Waals surface area (Å²) in [6, 6.07) is 15.7. The molecule has 0 bridgehead atoms. The largest absolute Gasteiger partial charge is 0.480 e. The van der Waals surface area contributed by atoms with Crippen molar-refractivity contribution >= 4 is 88.9 Å². The van der Waals surface area contributed by atoms with Crippen LogP contribution in [0, 0.1) is 0 Å². The number of hydrogen-bond donors (Lipinski definition) is 6. The lowest BCUT2D eigenvalue weighted by molar-refractivity contribution is -0.161. The molecule has 84 heavy (non-hydrogen) atoms. The monoisotopic (exact) mass is 1180 g/mol. The highest BCUT2D eigenvalue weighted by molar-refractivity contribution is 8.01. The molecule has 2 unspecified atom stereocenters. The van der Waals surface area contributed by atoms with Gasteiger partial charge in [-0.05, 0) is 87.6 Å². The van der Waals surface area contributed by atoms with Crippen molar-refractivity contribution < 1.29 is 91.2 Å². The number of fused-ring (bicyclic) bond motifs is 1. The summed E-state index contributed by atoms with van der Waals surface area (Å²) in [6.45, 7) is 7.57. The Morgan fingerprint density at radius 2 is 1.24 bits per heavy atom. The number of carboxylic acid groups (broad SMARTS) is 1. The standard InChI is InChI=1S/C57H61N7O19S/c1-30(65)79-40-26-24-36(29-42(40)81-32(3)67)48(70)59-38(22-14-15-28-58-49(71)37-21-16-23-41(80-31(2)66)46(37)82-33(4)68)50(72)60-39(25-27-43(69)63(7)83-56(78)35-19-12-9-13-20-35)51(73)61-44(34-17-10-8-11-18-34)52(74)62-45-53(75)64-47(55(76)77)57(5,6)84-54(45)64/h8-13,16-21,23-24,26,29,38-39,44-45,47,54H,14-15,22,25,27-28H2,1-7H3,(H,58,71)(H,59,70)(H,60,72)(H,61,73)(H,62,74)(H,76,77)/t38-,39-,44+,45+,47?,54?/m0/s1. The maximum Gasteiger partial charge on any atom is 0.363 e. The minimum atomic E-state index is -1.73. The maximum absolute atomic E-state index is 14.8. The Labute approximate surface area is 484 Å². The number of thioether (sulfide) groups is 1. The molecule has 0 spiro atoms. The van der Waals surface area contributed by atoms with Crippen molar-refractivity contribution in [3.63, 3.8) is 0 Å². The first-order chi connectivity index (χ1) is 39.8. The van der Waals surface area contributed by atoms with E-state index >= 15 is 0 Å². The summed E-state index contributed by atoms with van der Waals surface area (Å²) < 4.78 is 19.7. The number of nitrogens with zero attached hydrogens (tertiary/aromatic N) is 2. The van der Waals surface area contributed by atoms with E-state index < -0.39 is 130 Å². The minimum Gasteiger partial charge on any atom is -0.480 e. The summed E-state index contributed by atoms with van der Waals surface area (Å²) in [5.41, 5.74) is -0.0561. The number of carbonyl (C=O) groups excluding carboxylic acids is 12. The van der Waals surface area contributed by atoms with Crippen LogP contribution in [0.1, 0.15) is 116 Å². The molecule has 27 heteroatoms. The van der Waals surface area contributed by atoms with Crippen LogP contribution in [0.3, 0.4) is 0 Å². The molecule has 0 radical (unpaired) electrons. The first-order valence-corrected chi connectivity index (χ1v) is 27.0. The molecular weight excluding hydrogens is 1120 g/mol. The van der Waals surface area contributed by atoms with Gasteiger partial charge in [-0.1, -0.05) is 54.6 Å². The fraction of sp³-hybridized carbons (Fsp3) is 0.351. The van der Waals surface area contributed by atoms with Crippen LogP contribution >= 0.6 is 11.8 Å². The van der Waals surface area contributed by atoms with Gasteiger partial charge in [0.1, 0.15) is 35.6 Å². The number of amides is 7. The van der Waals surface area contributed by atoms with Crippen LogP contribution in [-0.4, -0.2) is 140 Å². The van der Waals surface area contributed by atoms with Gasteiger partial charge in [-0.15, -0.1) is 11.8 Å². The van der Waals surface area contributed by atoms with Gasteiger partial charge < -0.3 is 60.4 Å². The van der Waals surface area contributed by atoms with Crippen molar-refractivity contribution in [3.05, 3.63) is 119 Å². The second kappa shape index (κ2) is 28.4. The van der Waals surface area contributed by atoms with Gasteiger partial charge in [-0.2, -0.15) is 5.06 Å². The molecule has 2 heterocycles. The van der Waals surface area contributed by atoms with Gasteiger partial charge in [-0.3, -0.25) is 52.7 Å². The van der Waals surface area contributed by atoms with Crippen molar-refractivity contribution in [2.75, 3.05) is 13.6 Å². The number of carboxylic acids is 1. The predicted molar refractivity (Wildman–Crippen MR) is 294 cm³/mol. The highest BCUT2D eigenvalue weighted by Crippen LogP contribution is 2.51. The van der Waals surface area contributed by atoms with E-state index in [4.69, 9.17) is 23.8 Å². The van der Waals surface area contributed by atoms with Gasteiger partial charge in [-0.25, -0.2) is 9.59 Å². The molecule has 444 valence electrons. The van der Waals surface area contributed by atoms with Crippen molar-refractivity contribution in [1.82, 2.24) is 36.5 Å². The van der Waals surface area contributed by atoms with Gasteiger partial charge in [0.25, 0.3) is 17.7 Å². The number of carbonyl (C=O) groups is 13. The number of para-hydroxylation sites is 1. The van der Waals surface area contributed by atoms with Gasteiger partial charge >= 0.3 is 35.8 Å². The second-order valence-electron chi connectivity index (χ2n) is 19.6. The molecule has 2 aliphatic heterocycles. The molecule has 0 aliphatic carbocycles. The van der Waals surface area contributed by atoms with Crippen molar-refractivity contribution in [2.24, 2.45) is 0 Å². The van der Waals surface area contributed by atoms with Crippen LogP contribution in [0.4, 0.5) is 0 Å². The Kier molecular flexibility index (Phi) is 21.4. The summed E-state index contributed by atoms with van der Waals surface area (Å²) in [4.78, 5) is 178. The van der Waals surface area contributed by atoms with Crippen LogP contribution in [0.15, 0.2) is 97.1 Å². The summed E-state index contributed by atoms with van der Waals surface area (Å²) in [5.74, 6) is -12.6. The predicted octanol–water partition coefficient (Wildman–Crippen LogP) is 3.07. The lowest BCUT2D eigenvalue weighted by Gasteiger charge is -2.44. The zero-order chi connectivity index (χ0) is 61.6. The Balaban J connectivity index is 1.28. The molecule has 4 aromatic carbocycles. The van der Waals surface area contributed by atoms with Crippen LogP contribution in [0.2, 0.25) is 0 Å². The van der Waals surface area contributed by atoms with E-state index in [9.17, 15) is 67.4 Å². The number of nitrogens with one attached hydrogen (secondary N) is 5. The van der Waals surface area contributed by atoms with E-state index in [1.807, 2.05) is 0 Å². The first-order valence-electron chi connectivity index (χ1n) is 26.1. The lowest BCUT2D eigenvalue weighted by atomic mass is 9.95. The number of benzene rings is 4. The summed E-state index contributed by atoms with van der Waals surface area (Å²) in [6.07, 6.45) is -1.17. The Bertz CT molecular complexity index is 3230. The third-order valence-electron chi connectivity index (χ3n) is 12.8. The first kappa shape index (κ1) is 63.5. The topological polar surface area (TPSA) is 355 Å². The molecular formula is C57H61N7O19S. The fourth-order valence-corrected chi connectivity index (χ4v) is 10.5. The normalized spacial score (nSPS) is 16.5. The minimum absolute atomic E-state index is 0.0528. The Morgan fingerprint density at radius 3 is 1.87 bits per heavy atom. The molecule has 4 aromatic rings. The van der Waals surface area contributed by atoms with E-state index in [1.165, 1.54) is 71.3 Å². The van der Waals surface area contributed by atoms with Crippen molar-refractivity contribution in [3.8, 4) is 23.0 Å². The fourth-order valence-electron chi connectivity index (χ4n) is 8.92. The molecule has 2 fully saturated rings. The average molecular weight is 1180 g/mol. The van der Waals surface area contributed by atoms with Crippen LogP contribution in [0.5, 0.6) is 23.0 Å². The number of ether oxygens (including phenoxy) is 4. The number of unbranched alkanes of at least 4 members (excludes halogenated alkanes) is 1. The summed E-state index contributed by atoms with van der Waals surface area (Å²) in [5, 5.41) is 22.9. The van der Waals surface area contributed by atoms with Gasteiger partial charge in [0.05, 0.1) is 11.1 Å². The highest BCUT2D eigenvalue weighted by atomic mass is 32.2. The van der Waals surface area contributed by atoms with Crippen LogP contribution in [0.25, 0.3) is 0 Å². The quantitative estimate of drug-likeness (QED) is 0.0193. The third-order valence-corrected chi connectivity index (χ3v) is 14.3. The molecule has 2 aliphatic rings. The summed E-state index contributed by atoms with van der Waals surface area (Å²) >= 11 is 1.17. The number of rotatable bonds is 24. The smallest absolute Gasteiger partial charge is 0.363 e. The Morgan fingerprint density at radius 1 is 0.643 bits per heavy atom. The molecule has 26 nitrogen and oxygen atoms in total. The molecule has 6 rings (SSSR count). The second-order valence-corrected chi connectivity index (χ2v) is 21.4. The van der Waals surface area contributed by atoms with E-state index in [-0.39, 0.29) is 71.1 Å². The highest BCUT2D eigenvalue weighted by Gasteiger charge is 2.64. The lowest BCUT2D eigenvalue weighted by Crippen LogP contribution is -2.71. The van der Waals surface area contributed by atoms with E-state index in [1.54, 1.807) is 50.2 Å². The zero-order valence-electron chi connectivity index (χ0n) is 46.5. The number of β-lactam (4-membered cyclic amide) rings is 1. The van der Waals surface area contributed by atoms with Gasteiger partial charge in [0.2, 0.25) is 23.6 Å². The molecule has 6 atom stereocenters. The molecule has 2 saturated heterocycles. The molecule has 0 saturated carbocycles. The maximum atomic E-state index is 14.8. The van der Waals surface area contributed by atoms with E-state index in [0.29, 0.717) is 5.06 Å². The molecule has 6 N–H and O–H groups in total. The number of aliphatic carboxylic acids is 1. The van der Waals surface area contributed by atoms with Crippen molar-refractivity contribution in [2.45, 2.75) is 114 Å².